The molecule has 0 radical (unpaired) electrons. The molecule has 1 unspecified atom stereocenters. The lowest BCUT2D eigenvalue weighted by molar-refractivity contribution is 0.0627. The van der Waals surface area contributed by atoms with E-state index >= 15 is 0 Å². The van der Waals surface area contributed by atoms with Crippen LogP contribution in [0.4, 0.5) is 0 Å². The highest BCUT2D eigenvalue weighted by Gasteiger charge is 2.07. The topological polar surface area (TPSA) is 21.3 Å². The summed E-state index contributed by atoms with van der Waals surface area (Å²) in [7, 11) is 0. The van der Waals surface area contributed by atoms with E-state index in [1.54, 1.807) is 0 Å². The molecule has 1 atom stereocenters. The van der Waals surface area contributed by atoms with Gasteiger partial charge in [0.15, 0.2) is 0 Å². The predicted molar refractivity (Wildman–Crippen MR) is 87.0 cm³/mol. The van der Waals surface area contributed by atoms with Crippen LogP contribution in [0.15, 0.2) is 30.3 Å². The first-order chi connectivity index (χ1) is 9.49. The molecule has 0 aromatic heterocycles. The van der Waals surface area contributed by atoms with E-state index in [1.165, 1.54) is 24.8 Å². The van der Waals surface area contributed by atoms with Gasteiger partial charge >= 0.3 is 0 Å². The van der Waals surface area contributed by atoms with Crippen molar-refractivity contribution in [2.45, 2.75) is 65.0 Å². The summed E-state index contributed by atoms with van der Waals surface area (Å²) in [5.41, 5.74) is 1.51. The first-order valence-corrected chi connectivity index (χ1v) is 7.90. The van der Waals surface area contributed by atoms with Gasteiger partial charge in [0.1, 0.15) is 0 Å². The third kappa shape index (κ3) is 8.34. The maximum atomic E-state index is 5.87. The maximum absolute atomic E-state index is 5.87. The Labute approximate surface area is 124 Å². The summed E-state index contributed by atoms with van der Waals surface area (Å²) >= 11 is 0. The highest BCUT2D eigenvalue weighted by atomic mass is 16.5. The number of benzene rings is 1. The van der Waals surface area contributed by atoms with Crippen LogP contribution in [0.25, 0.3) is 0 Å². The number of ether oxygens (including phenoxy) is 1. The average molecular weight is 277 g/mol. The van der Waals surface area contributed by atoms with Gasteiger partial charge in [-0.15, -0.1) is 0 Å². The van der Waals surface area contributed by atoms with Crippen molar-refractivity contribution in [2.24, 2.45) is 0 Å². The van der Waals surface area contributed by atoms with Crippen LogP contribution >= 0.6 is 0 Å². The fourth-order valence-electron chi connectivity index (χ4n) is 2.12. The normalized spacial score (nSPS) is 13.4. The zero-order valence-electron chi connectivity index (χ0n) is 13.6. The smallest absolute Gasteiger partial charge is 0.0796 e. The molecule has 1 aromatic rings. The molecule has 0 aliphatic carbocycles. The Hall–Kier alpha value is -0.860. The largest absolute Gasteiger partial charge is 0.374 e. The monoisotopic (exact) mass is 277 g/mol. The van der Waals surface area contributed by atoms with E-state index in [0.717, 1.165) is 19.6 Å². The second-order valence-corrected chi connectivity index (χ2v) is 6.51. The van der Waals surface area contributed by atoms with E-state index in [9.17, 15) is 0 Å². The lowest BCUT2D eigenvalue weighted by Crippen LogP contribution is -2.36. The fourth-order valence-corrected chi connectivity index (χ4v) is 2.12. The minimum Gasteiger partial charge on any atom is -0.374 e. The van der Waals surface area contributed by atoms with Gasteiger partial charge < -0.3 is 10.1 Å². The quantitative estimate of drug-likeness (QED) is 0.660. The third-order valence-corrected chi connectivity index (χ3v) is 3.36. The Kier molecular flexibility index (Phi) is 7.86. The molecule has 2 heteroatoms. The summed E-state index contributed by atoms with van der Waals surface area (Å²) in [4.78, 5) is 0. The van der Waals surface area contributed by atoms with Gasteiger partial charge in [-0.25, -0.2) is 0 Å². The molecule has 0 bridgehead atoms. The van der Waals surface area contributed by atoms with Crippen LogP contribution < -0.4 is 5.32 Å². The van der Waals surface area contributed by atoms with Crippen molar-refractivity contribution in [2.75, 3.05) is 13.2 Å². The van der Waals surface area contributed by atoms with E-state index in [-0.39, 0.29) is 11.6 Å². The summed E-state index contributed by atoms with van der Waals surface area (Å²) < 4.78 is 5.87. The molecule has 20 heavy (non-hydrogen) atoms. The van der Waals surface area contributed by atoms with Crippen LogP contribution in [-0.2, 0) is 4.74 Å². The van der Waals surface area contributed by atoms with Gasteiger partial charge in [-0.1, -0.05) is 43.2 Å². The lowest BCUT2D eigenvalue weighted by Gasteiger charge is -2.20. The van der Waals surface area contributed by atoms with Gasteiger partial charge in [0.25, 0.3) is 0 Å². The molecule has 0 aliphatic heterocycles. The highest BCUT2D eigenvalue weighted by molar-refractivity contribution is 5.16. The molecule has 0 amide bonds. The van der Waals surface area contributed by atoms with Gasteiger partial charge in [0.2, 0.25) is 0 Å². The van der Waals surface area contributed by atoms with Crippen molar-refractivity contribution in [1.82, 2.24) is 5.32 Å². The van der Waals surface area contributed by atoms with Crippen molar-refractivity contribution in [3.63, 3.8) is 0 Å². The first kappa shape index (κ1) is 17.2. The second-order valence-electron chi connectivity index (χ2n) is 6.51. The molecule has 0 fully saturated rings. The zero-order chi connectivity index (χ0) is 14.8. The van der Waals surface area contributed by atoms with Gasteiger partial charge in [-0.3, -0.25) is 0 Å². The van der Waals surface area contributed by atoms with E-state index in [2.05, 4.69) is 57.3 Å². The SMILES string of the molecule is CC(OCCCCCCNC(C)(C)C)c1ccccc1. The van der Waals surface area contributed by atoms with Crippen LogP contribution in [0.3, 0.4) is 0 Å². The molecular formula is C18H31NO. The predicted octanol–water partition coefficient (Wildman–Crippen LogP) is 4.71. The Morgan fingerprint density at radius 1 is 1.00 bits per heavy atom. The molecule has 0 aliphatic rings. The van der Waals surface area contributed by atoms with Crippen molar-refractivity contribution in [1.29, 1.82) is 0 Å². The third-order valence-electron chi connectivity index (χ3n) is 3.36. The number of hydrogen-bond donors (Lipinski definition) is 1. The molecule has 0 saturated carbocycles. The Morgan fingerprint density at radius 2 is 1.65 bits per heavy atom. The van der Waals surface area contributed by atoms with E-state index in [4.69, 9.17) is 4.74 Å². The molecule has 114 valence electrons. The maximum Gasteiger partial charge on any atom is 0.0796 e. The number of hydrogen-bond acceptors (Lipinski definition) is 2. The Balaban J connectivity index is 1.97. The average Bonchev–Trinajstić information content (AvgIpc) is 2.41. The van der Waals surface area contributed by atoms with Crippen LogP contribution in [0, 0.1) is 0 Å². The minimum absolute atomic E-state index is 0.207. The van der Waals surface area contributed by atoms with Gasteiger partial charge in [-0.2, -0.15) is 0 Å². The number of rotatable bonds is 9. The Morgan fingerprint density at radius 3 is 2.30 bits per heavy atom. The van der Waals surface area contributed by atoms with Crippen molar-refractivity contribution in [3.8, 4) is 0 Å². The van der Waals surface area contributed by atoms with Crippen LogP contribution in [0.1, 0.15) is 65.0 Å². The number of unbranched alkanes of at least 4 members (excludes halogenated alkanes) is 3. The molecule has 1 aromatic carbocycles. The summed E-state index contributed by atoms with van der Waals surface area (Å²) in [6.45, 7) is 10.7. The summed E-state index contributed by atoms with van der Waals surface area (Å²) in [6, 6.07) is 10.4. The lowest BCUT2D eigenvalue weighted by atomic mass is 10.1. The van der Waals surface area contributed by atoms with E-state index in [0.29, 0.717) is 0 Å². The second kappa shape index (κ2) is 9.15. The van der Waals surface area contributed by atoms with Crippen LogP contribution in [0.2, 0.25) is 0 Å². The molecule has 1 N–H and O–H groups in total. The zero-order valence-corrected chi connectivity index (χ0v) is 13.6. The Bertz CT molecular complexity index is 342. The molecule has 1 rings (SSSR count). The fraction of sp³-hybridized carbons (Fsp3) is 0.667. The summed E-state index contributed by atoms with van der Waals surface area (Å²) in [5, 5.41) is 3.52. The molecule has 0 spiro atoms. The summed E-state index contributed by atoms with van der Waals surface area (Å²) in [6.07, 6.45) is 5.16. The standard InChI is InChI=1S/C18H31NO/c1-16(17-12-8-7-9-13-17)20-15-11-6-5-10-14-19-18(2,3)4/h7-9,12-13,16,19H,5-6,10-11,14-15H2,1-4H3. The highest BCUT2D eigenvalue weighted by Crippen LogP contribution is 2.16. The first-order valence-electron chi connectivity index (χ1n) is 7.90. The molecule has 2 nitrogen and oxygen atoms in total. The van der Waals surface area contributed by atoms with Gasteiger partial charge in [0, 0.05) is 12.1 Å². The molecular weight excluding hydrogens is 246 g/mol. The van der Waals surface area contributed by atoms with Crippen molar-refractivity contribution < 1.29 is 4.74 Å². The van der Waals surface area contributed by atoms with Gasteiger partial charge in [-0.05, 0) is 52.6 Å². The van der Waals surface area contributed by atoms with Crippen LogP contribution in [-0.4, -0.2) is 18.7 Å². The minimum atomic E-state index is 0.207. The van der Waals surface area contributed by atoms with Crippen molar-refractivity contribution >= 4 is 0 Å². The number of nitrogens with one attached hydrogen (secondary N) is 1. The molecule has 0 heterocycles. The van der Waals surface area contributed by atoms with E-state index < -0.39 is 0 Å². The molecule has 0 saturated heterocycles. The van der Waals surface area contributed by atoms with Gasteiger partial charge in [0.05, 0.1) is 6.10 Å². The van der Waals surface area contributed by atoms with Crippen LogP contribution in [0.5, 0.6) is 0 Å². The summed E-state index contributed by atoms with van der Waals surface area (Å²) in [5.74, 6) is 0. The van der Waals surface area contributed by atoms with E-state index in [1.807, 2.05) is 6.07 Å². The van der Waals surface area contributed by atoms with Crippen molar-refractivity contribution in [3.05, 3.63) is 35.9 Å².